The van der Waals surface area contributed by atoms with Gasteiger partial charge in [-0.2, -0.15) is 0 Å². The fourth-order valence-electron chi connectivity index (χ4n) is 2.51. The van der Waals surface area contributed by atoms with Gasteiger partial charge in [0.25, 0.3) is 0 Å². The van der Waals surface area contributed by atoms with E-state index < -0.39 is 0 Å². The Bertz CT molecular complexity index is 635. The Hall–Kier alpha value is -1.46. The highest BCUT2D eigenvalue weighted by Crippen LogP contribution is 2.37. The number of benzene rings is 1. The standard InChI is InChI=1S/C16H18FNO2S/c1-10-16(21-11(2)18-10)14-7-13(17)3-4-15(14)20-9-12-5-6-19-8-12/h3-4,7,12H,5-6,8-9H2,1-2H3/t12-/m0/s1. The predicted molar refractivity (Wildman–Crippen MR) is 81.4 cm³/mol. The molecule has 1 fully saturated rings. The Kier molecular flexibility index (Phi) is 4.22. The molecule has 0 unspecified atom stereocenters. The molecule has 0 bridgehead atoms. The normalized spacial score (nSPS) is 18.1. The summed E-state index contributed by atoms with van der Waals surface area (Å²) >= 11 is 1.57. The summed E-state index contributed by atoms with van der Waals surface area (Å²) in [5.74, 6) is 0.884. The van der Waals surface area contributed by atoms with Crippen LogP contribution in [0.4, 0.5) is 4.39 Å². The summed E-state index contributed by atoms with van der Waals surface area (Å²) in [5.41, 5.74) is 1.70. The molecule has 0 saturated carbocycles. The monoisotopic (exact) mass is 307 g/mol. The first-order valence-corrected chi connectivity index (χ1v) is 7.89. The van der Waals surface area contributed by atoms with Crippen LogP contribution in [0, 0.1) is 25.6 Å². The number of hydrogen-bond acceptors (Lipinski definition) is 4. The second-order valence-corrected chi connectivity index (χ2v) is 6.53. The molecule has 1 aromatic carbocycles. The zero-order valence-electron chi connectivity index (χ0n) is 12.2. The molecule has 112 valence electrons. The van der Waals surface area contributed by atoms with Gasteiger partial charge in [-0.05, 0) is 38.5 Å². The summed E-state index contributed by atoms with van der Waals surface area (Å²) in [6.45, 7) is 6.05. The Morgan fingerprint density at radius 3 is 2.95 bits per heavy atom. The molecule has 1 aliphatic rings. The first kappa shape index (κ1) is 14.5. The average Bonchev–Trinajstić information content (AvgIpc) is 3.07. The summed E-state index contributed by atoms with van der Waals surface area (Å²) in [4.78, 5) is 5.39. The van der Waals surface area contributed by atoms with E-state index in [-0.39, 0.29) is 5.82 Å². The first-order chi connectivity index (χ1) is 10.1. The summed E-state index contributed by atoms with van der Waals surface area (Å²) in [6, 6.07) is 4.67. The van der Waals surface area contributed by atoms with Crippen LogP contribution in [-0.4, -0.2) is 24.8 Å². The second kappa shape index (κ2) is 6.12. The van der Waals surface area contributed by atoms with Crippen molar-refractivity contribution in [1.29, 1.82) is 0 Å². The third-order valence-electron chi connectivity index (χ3n) is 3.59. The predicted octanol–water partition coefficient (Wildman–Crippen LogP) is 3.98. The Morgan fingerprint density at radius 2 is 2.29 bits per heavy atom. The van der Waals surface area contributed by atoms with Crippen molar-refractivity contribution in [2.45, 2.75) is 20.3 Å². The molecule has 0 spiro atoms. The minimum absolute atomic E-state index is 0.257. The van der Waals surface area contributed by atoms with E-state index in [0.29, 0.717) is 12.5 Å². The highest BCUT2D eigenvalue weighted by Gasteiger charge is 2.19. The number of aromatic nitrogens is 1. The smallest absolute Gasteiger partial charge is 0.128 e. The van der Waals surface area contributed by atoms with Crippen LogP contribution in [-0.2, 0) is 4.74 Å². The van der Waals surface area contributed by atoms with Gasteiger partial charge in [-0.1, -0.05) is 0 Å². The van der Waals surface area contributed by atoms with Gasteiger partial charge in [0.15, 0.2) is 0 Å². The summed E-state index contributed by atoms with van der Waals surface area (Å²) in [5, 5.41) is 0.974. The van der Waals surface area contributed by atoms with Crippen molar-refractivity contribution < 1.29 is 13.9 Å². The molecule has 21 heavy (non-hydrogen) atoms. The number of rotatable bonds is 4. The van der Waals surface area contributed by atoms with Crippen LogP contribution < -0.4 is 4.74 Å². The summed E-state index contributed by atoms with van der Waals surface area (Å²) in [6.07, 6.45) is 1.02. The van der Waals surface area contributed by atoms with Gasteiger partial charge in [0, 0.05) is 18.1 Å². The third kappa shape index (κ3) is 3.24. The Labute approximate surface area is 127 Å². The van der Waals surface area contributed by atoms with Gasteiger partial charge >= 0.3 is 0 Å². The van der Waals surface area contributed by atoms with Gasteiger partial charge in [-0.3, -0.25) is 0 Å². The lowest BCUT2D eigenvalue weighted by Crippen LogP contribution is -2.12. The molecule has 1 aromatic heterocycles. The third-order valence-corrected chi connectivity index (χ3v) is 4.69. The second-order valence-electron chi connectivity index (χ2n) is 5.33. The Morgan fingerprint density at radius 1 is 1.43 bits per heavy atom. The number of nitrogens with zero attached hydrogens (tertiary/aromatic N) is 1. The molecule has 0 amide bonds. The van der Waals surface area contributed by atoms with Gasteiger partial charge in [-0.25, -0.2) is 9.37 Å². The topological polar surface area (TPSA) is 31.4 Å². The van der Waals surface area contributed by atoms with Gasteiger partial charge in [0.2, 0.25) is 0 Å². The van der Waals surface area contributed by atoms with Gasteiger partial charge < -0.3 is 9.47 Å². The van der Waals surface area contributed by atoms with Gasteiger partial charge in [-0.15, -0.1) is 11.3 Å². The van der Waals surface area contributed by atoms with E-state index in [1.807, 2.05) is 13.8 Å². The van der Waals surface area contributed by atoms with Crippen molar-refractivity contribution in [3.05, 3.63) is 34.7 Å². The van der Waals surface area contributed by atoms with Crippen LogP contribution in [0.15, 0.2) is 18.2 Å². The molecule has 0 N–H and O–H groups in total. The number of halogens is 1. The van der Waals surface area contributed by atoms with Crippen molar-refractivity contribution >= 4 is 11.3 Å². The highest BCUT2D eigenvalue weighted by molar-refractivity contribution is 7.15. The van der Waals surface area contributed by atoms with E-state index in [2.05, 4.69) is 4.98 Å². The average molecular weight is 307 g/mol. The van der Waals surface area contributed by atoms with Crippen LogP contribution >= 0.6 is 11.3 Å². The minimum Gasteiger partial charge on any atom is -0.493 e. The zero-order valence-corrected chi connectivity index (χ0v) is 13.0. The molecule has 2 heterocycles. The molecule has 0 aliphatic carbocycles. The maximum atomic E-state index is 13.6. The maximum absolute atomic E-state index is 13.6. The number of aryl methyl sites for hydroxylation is 2. The van der Waals surface area contributed by atoms with Crippen LogP contribution in [0.5, 0.6) is 5.75 Å². The van der Waals surface area contributed by atoms with Crippen LogP contribution in [0.25, 0.3) is 10.4 Å². The lowest BCUT2D eigenvalue weighted by Gasteiger charge is -2.14. The largest absolute Gasteiger partial charge is 0.493 e. The highest BCUT2D eigenvalue weighted by atomic mass is 32.1. The van der Waals surface area contributed by atoms with Crippen molar-refractivity contribution in [2.75, 3.05) is 19.8 Å². The van der Waals surface area contributed by atoms with Crippen LogP contribution in [0.2, 0.25) is 0 Å². The zero-order chi connectivity index (χ0) is 14.8. The minimum atomic E-state index is -0.257. The Balaban J connectivity index is 1.87. The molecular weight excluding hydrogens is 289 g/mol. The number of thiazole rings is 1. The molecule has 3 rings (SSSR count). The molecule has 1 saturated heterocycles. The molecule has 1 aliphatic heterocycles. The number of hydrogen-bond donors (Lipinski definition) is 0. The van der Waals surface area contributed by atoms with Crippen molar-refractivity contribution in [3.63, 3.8) is 0 Å². The first-order valence-electron chi connectivity index (χ1n) is 7.08. The number of ether oxygens (including phenoxy) is 2. The lowest BCUT2D eigenvalue weighted by atomic mass is 10.1. The SMILES string of the molecule is Cc1nc(C)c(-c2cc(F)ccc2OC[C@H]2CCOC2)s1. The van der Waals surface area contributed by atoms with Crippen LogP contribution in [0.1, 0.15) is 17.1 Å². The fourth-order valence-corrected chi connectivity index (χ4v) is 3.45. The fraction of sp³-hybridized carbons (Fsp3) is 0.438. The van der Waals surface area contributed by atoms with E-state index >= 15 is 0 Å². The van der Waals surface area contributed by atoms with E-state index in [9.17, 15) is 4.39 Å². The molecule has 3 nitrogen and oxygen atoms in total. The lowest BCUT2D eigenvalue weighted by molar-refractivity contribution is 0.167. The molecule has 1 atom stereocenters. The van der Waals surface area contributed by atoms with E-state index in [1.54, 1.807) is 17.4 Å². The van der Waals surface area contributed by atoms with E-state index in [1.165, 1.54) is 12.1 Å². The van der Waals surface area contributed by atoms with E-state index in [0.717, 1.165) is 46.5 Å². The molecule has 0 radical (unpaired) electrons. The van der Waals surface area contributed by atoms with Gasteiger partial charge in [0.05, 0.1) is 28.8 Å². The summed E-state index contributed by atoms with van der Waals surface area (Å²) < 4.78 is 24.9. The van der Waals surface area contributed by atoms with Crippen molar-refractivity contribution in [1.82, 2.24) is 4.98 Å². The molecule has 5 heteroatoms. The molecular formula is C16H18FNO2S. The van der Waals surface area contributed by atoms with E-state index in [4.69, 9.17) is 9.47 Å². The maximum Gasteiger partial charge on any atom is 0.128 e. The van der Waals surface area contributed by atoms with Gasteiger partial charge in [0.1, 0.15) is 11.6 Å². The summed E-state index contributed by atoms with van der Waals surface area (Å²) in [7, 11) is 0. The van der Waals surface area contributed by atoms with Crippen molar-refractivity contribution in [2.24, 2.45) is 5.92 Å². The quantitative estimate of drug-likeness (QED) is 0.856. The molecule has 2 aromatic rings. The van der Waals surface area contributed by atoms with Crippen molar-refractivity contribution in [3.8, 4) is 16.2 Å². The van der Waals surface area contributed by atoms with Crippen LogP contribution in [0.3, 0.4) is 0 Å².